The molecule has 1 aromatic heterocycles. The number of aromatic nitrogens is 1. The first-order valence-corrected chi connectivity index (χ1v) is 6.40. The van der Waals surface area contributed by atoms with Crippen LogP contribution in [0.5, 0.6) is 0 Å². The Balaban J connectivity index is 2.28. The molecule has 0 aliphatic carbocycles. The Hall–Kier alpha value is -2.02. The third kappa shape index (κ3) is 3.11. The number of carbonyl (C=O) groups is 1. The lowest BCUT2D eigenvalue weighted by Crippen LogP contribution is -2.15. The molecule has 0 aliphatic heterocycles. The number of halogens is 3. The number of rotatable bonds is 3. The zero-order valence-corrected chi connectivity index (χ0v) is 12.0. The van der Waals surface area contributed by atoms with E-state index in [9.17, 15) is 13.6 Å². The Morgan fingerprint density at radius 3 is 2.70 bits per heavy atom. The quantitative estimate of drug-likeness (QED) is 0.899. The second-order valence-electron chi connectivity index (χ2n) is 3.88. The van der Waals surface area contributed by atoms with Crippen LogP contribution < -0.4 is 10.6 Å². The van der Waals surface area contributed by atoms with Crippen LogP contribution in [-0.4, -0.2) is 17.9 Å². The van der Waals surface area contributed by atoms with Gasteiger partial charge in [-0.15, -0.1) is 0 Å². The van der Waals surface area contributed by atoms with Crippen molar-refractivity contribution in [3.8, 4) is 0 Å². The van der Waals surface area contributed by atoms with Gasteiger partial charge in [-0.2, -0.15) is 0 Å². The number of benzene rings is 1. The maximum atomic E-state index is 13.6. The fourth-order valence-electron chi connectivity index (χ4n) is 1.55. The minimum Gasteiger partial charge on any atom is -0.388 e. The number of nitrogens with one attached hydrogen (secondary N) is 2. The van der Waals surface area contributed by atoms with Crippen molar-refractivity contribution in [2.75, 3.05) is 17.7 Å². The molecule has 104 valence electrons. The SMILES string of the molecule is CNc1ccnc(C(=O)Nc2c(F)cc(F)cc2Br)c1. The van der Waals surface area contributed by atoms with Crippen molar-refractivity contribution in [2.24, 2.45) is 0 Å². The molecule has 20 heavy (non-hydrogen) atoms. The first-order valence-electron chi connectivity index (χ1n) is 5.61. The Labute approximate surface area is 122 Å². The normalized spacial score (nSPS) is 10.2. The summed E-state index contributed by atoms with van der Waals surface area (Å²) >= 11 is 3.00. The minimum atomic E-state index is -0.866. The lowest BCUT2D eigenvalue weighted by atomic mass is 10.2. The molecule has 0 saturated carbocycles. The molecule has 0 fully saturated rings. The summed E-state index contributed by atoms with van der Waals surface area (Å²) in [5, 5.41) is 5.22. The maximum absolute atomic E-state index is 13.6. The average Bonchev–Trinajstić information content (AvgIpc) is 2.42. The number of nitrogens with zero attached hydrogens (tertiary/aromatic N) is 1. The van der Waals surface area contributed by atoms with E-state index in [1.807, 2.05) is 0 Å². The summed E-state index contributed by atoms with van der Waals surface area (Å²) in [5.41, 5.74) is 0.685. The van der Waals surface area contributed by atoms with Crippen molar-refractivity contribution in [3.63, 3.8) is 0 Å². The van der Waals surface area contributed by atoms with E-state index >= 15 is 0 Å². The van der Waals surface area contributed by atoms with Crippen LogP contribution in [0.1, 0.15) is 10.5 Å². The summed E-state index contributed by atoms with van der Waals surface area (Å²) < 4.78 is 26.7. The van der Waals surface area contributed by atoms with E-state index in [-0.39, 0.29) is 15.9 Å². The van der Waals surface area contributed by atoms with E-state index in [0.29, 0.717) is 11.8 Å². The smallest absolute Gasteiger partial charge is 0.274 e. The van der Waals surface area contributed by atoms with Gasteiger partial charge < -0.3 is 10.6 Å². The van der Waals surface area contributed by atoms with Gasteiger partial charge in [0.1, 0.15) is 11.5 Å². The van der Waals surface area contributed by atoms with Gasteiger partial charge in [0.05, 0.1) is 5.69 Å². The first-order chi connectivity index (χ1) is 9.51. The summed E-state index contributed by atoms with van der Waals surface area (Å²) in [7, 11) is 1.70. The Bertz CT molecular complexity index is 641. The van der Waals surface area contributed by atoms with Crippen molar-refractivity contribution < 1.29 is 13.6 Å². The summed E-state index contributed by atoms with van der Waals surface area (Å²) in [5.74, 6) is -2.19. The van der Waals surface area contributed by atoms with Crippen LogP contribution in [0, 0.1) is 11.6 Å². The van der Waals surface area contributed by atoms with Gasteiger partial charge in [-0.25, -0.2) is 8.78 Å². The topological polar surface area (TPSA) is 54.0 Å². The average molecular weight is 342 g/mol. The van der Waals surface area contributed by atoms with Crippen molar-refractivity contribution >= 4 is 33.2 Å². The molecule has 0 aliphatic rings. The number of pyridine rings is 1. The Morgan fingerprint density at radius 1 is 1.30 bits per heavy atom. The second kappa shape index (κ2) is 5.96. The molecule has 0 unspecified atom stereocenters. The number of hydrogen-bond acceptors (Lipinski definition) is 3. The number of amides is 1. The molecule has 0 bridgehead atoms. The monoisotopic (exact) mass is 341 g/mol. The number of hydrogen-bond donors (Lipinski definition) is 2. The standard InChI is InChI=1S/C13H10BrF2N3O/c1-17-8-2-3-18-11(6-8)13(20)19-12-9(14)4-7(15)5-10(12)16/h2-6H,1H3,(H,17,18)(H,19,20). The van der Waals surface area contributed by atoms with Crippen molar-refractivity contribution in [1.82, 2.24) is 4.98 Å². The van der Waals surface area contributed by atoms with Gasteiger partial charge >= 0.3 is 0 Å². The highest BCUT2D eigenvalue weighted by molar-refractivity contribution is 9.10. The first kappa shape index (κ1) is 14.4. The van der Waals surface area contributed by atoms with E-state index in [1.165, 1.54) is 12.3 Å². The molecule has 2 N–H and O–H groups in total. The second-order valence-corrected chi connectivity index (χ2v) is 4.73. The highest BCUT2D eigenvalue weighted by Crippen LogP contribution is 2.27. The molecule has 2 rings (SSSR count). The van der Waals surface area contributed by atoms with Gasteiger partial charge in [0.2, 0.25) is 0 Å². The molecule has 0 spiro atoms. The molecule has 1 amide bonds. The highest BCUT2D eigenvalue weighted by atomic mass is 79.9. The van der Waals surface area contributed by atoms with Gasteiger partial charge in [0, 0.05) is 29.5 Å². The van der Waals surface area contributed by atoms with Crippen LogP contribution in [0.3, 0.4) is 0 Å². The van der Waals surface area contributed by atoms with Gasteiger partial charge in [0.15, 0.2) is 5.82 Å². The minimum absolute atomic E-state index is 0.118. The number of anilines is 2. The van der Waals surface area contributed by atoms with Crippen molar-refractivity contribution in [3.05, 3.63) is 52.3 Å². The molecule has 0 atom stereocenters. The predicted octanol–water partition coefficient (Wildman–Crippen LogP) is 3.42. The van der Waals surface area contributed by atoms with E-state index in [4.69, 9.17) is 0 Å². The van der Waals surface area contributed by atoms with Crippen LogP contribution in [-0.2, 0) is 0 Å². The van der Waals surface area contributed by atoms with Gasteiger partial charge in [-0.1, -0.05) is 0 Å². The van der Waals surface area contributed by atoms with E-state index in [2.05, 4.69) is 31.5 Å². The zero-order valence-electron chi connectivity index (χ0n) is 10.4. The van der Waals surface area contributed by atoms with E-state index < -0.39 is 17.5 Å². The largest absolute Gasteiger partial charge is 0.388 e. The van der Waals surface area contributed by atoms with Gasteiger partial charge in [-0.3, -0.25) is 9.78 Å². The van der Waals surface area contributed by atoms with Gasteiger partial charge in [-0.05, 0) is 34.1 Å². The maximum Gasteiger partial charge on any atom is 0.274 e. The molecule has 7 heteroatoms. The van der Waals surface area contributed by atoms with E-state index in [1.54, 1.807) is 13.1 Å². The third-order valence-corrected chi connectivity index (χ3v) is 3.15. The summed E-state index contributed by atoms with van der Waals surface area (Å²) in [6.45, 7) is 0. The van der Waals surface area contributed by atoms with E-state index in [0.717, 1.165) is 6.07 Å². The Morgan fingerprint density at radius 2 is 2.05 bits per heavy atom. The molecule has 1 heterocycles. The van der Waals surface area contributed by atoms with Gasteiger partial charge in [0.25, 0.3) is 5.91 Å². The summed E-state index contributed by atoms with van der Waals surface area (Å²) in [6.07, 6.45) is 1.46. The van der Waals surface area contributed by atoms with Crippen LogP contribution in [0.2, 0.25) is 0 Å². The molecule has 0 saturated heterocycles. The van der Waals surface area contributed by atoms with Crippen LogP contribution >= 0.6 is 15.9 Å². The predicted molar refractivity (Wildman–Crippen MR) is 75.8 cm³/mol. The fourth-order valence-corrected chi connectivity index (χ4v) is 2.06. The lowest BCUT2D eigenvalue weighted by molar-refractivity contribution is 0.102. The lowest BCUT2D eigenvalue weighted by Gasteiger charge is -2.09. The summed E-state index contributed by atoms with van der Waals surface area (Å²) in [6, 6.07) is 4.96. The molecular weight excluding hydrogens is 332 g/mol. The molecule has 1 aromatic carbocycles. The van der Waals surface area contributed by atoms with Crippen molar-refractivity contribution in [2.45, 2.75) is 0 Å². The molecule has 4 nitrogen and oxygen atoms in total. The van der Waals surface area contributed by atoms with Crippen LogP contribution in [0.25, 0.3) is 0 Å². The zero-order chi connectivity index (χ0) is 14.7. The highest BCUT2D eigenvalue weighted by Gasteiger charge is 2.15. The molecule has 0 radical (unpaired) electrons. The van der Waals surface area contributed by atoms with Crippen molar-refractivity contribution in [1.29, 1.82) is 0 Å². The van der Waals surface area contributed by atoms with Crippen LogP contribution in [0.15, 0.2) is 34.9 Å². The molecule has 2 aromatic rings. The third-order valence-electron chi connectivity index (χ3n) is 2.53. The molecular formula is C13H10BrF2N3O. The number of carbonyl (C=O) groups excluding carboxylic acids is 1. The van der Waals surface area contributed by atoms with Crippen LogP contribution in [0.4, 0.5) is 20.2 Å². The Kier molecular flexibility index (Phi) is 4.29. The fraction of sp³-hybridized carbons (Fsp3) is 0.0769. The summed E-state index contributed by atoms with van der Waals surface area (Å²) in [4.78, 5) is 15.9.